The predicted molar refractivity (Wildman–Crippen MR) is 94.1 cm³/mol. The lowest BCUT2D eigenvalue weighted by Crippen LogP contribution is -2.09. The Labute approximate surface area is 144 Å². The Kier molecular flexibility index (Phi) is 4.74. The maximum atomic E-state index is 13.0. The fraction of sp³-hybridized carbons (Fsp3) is 0.250. The van der Waals surface area contributed by atoms with Gasteiger partial charge < -0.3 is 13.9 Å². The quantitative estimate of drug-likeness (QED) is 0.649. The van der Waals surface area contributed by atoms with E-state index in [1.165, 1.54) is 30.5 Å². The molecule has 25 heavy (non-hydrogen) atoms. The summed E-state index contributed by atoms with van der Waals surface area (Å²) in [5.41, 5.74) is 1.08. The molecule has 130 valence electrons. The lowest BCUT2D eigenvalue weighted by molar-refractivity contribution is 0.240. The molecule has 5 heteroatoms. The van der Waals surface area contributed by atoms with Crippen LogP contribution in [-0.2, 0) is 6.42 Å². The number of ether oxygens (including phenoxy) is 2. The van der Waals surface area contributed by atoms with Gasteiger partial charge in [0.15, 0.2) is 0 Å². The number of hydrogen-bond acceptors (Lipinski definition) is 4. The van der Waals surface area contributed by atoms with Crippen LogP contribution >= 0.6 is 0 Å². The molecule has 0 aliphatic heterocycles. The van der Waals surface area contributed by atoms with Gasteiger partial charge in [-0.15, -0.1) is 0 Å². The molecule has 0 saturated heterocycles. The van der Waals surface area contributed by atoms with Crippen molar-refractivity contribution in [3.63, 3.8) is 0 Å². The smallest absolute Gasteiger partial charge is 0.235 e. The molecule has 1 aromatic heterocycles. The first-order valence-corrected chi connectivity index (χ1v) is 8.16. The number of benzene rings is 2. The molecule has 3 rings (SSSR count). The van der Waals surface area contributed by atoms with E-state index in [9.17, 15) is 9.18 Å². The Morgan fingerprint density at radius 1 is 1.12 bits per heavy atom. The van der Waals surface area contributed by atoms with E-state index in [4.69, 9.17) is 13.9 Å². The van der Waals surface area contributed by atoms with Gasteiger partial charge in [0.05, 0.1) is 11.5 Å². The summed E-state index contributed by atoms with van der Waals surface area (Å²) in [6, 6.07) is 8.95. The molecule has 0 N–H and O–H groups in total. The minimum atomic E-state index is -0.372. The van der Waals surface area contributed by atoms with E-state index in [1.54, 1.807) is 12.1 Å². The van der Waals surface area contributed by atoms with Gasteiger partial charge in [-0.2, -0.15) is 0 Å². The third-order valence-corrected chi connectivity index (χ3v) is 3.71. The van der Waals surface area contributed by atoms with E-state index in [2.05, 4.69) is 0 Å². The normalized spacial score (nSPS) is 11.1. The fourth-order valence-corrected chi connectivity index (χ4v) is 2.52. The molecule has 0 aliphatic rings. The topological polar surface area (TPSA) is 48.7 Å². The lowest BCUT2D eigenvalue weighted by Gasteiger charge is -2.14. The standard InChI is InChI=1S/C20H19FO4/c1-4-13-9-16-18(10-17(13)24-12(2)3)23-11-19(20(16)22)25-15-7-5-14(21)6-8-15/h5-12H,4H2,1-3H3. The van der Waals surface area contributed by atoms with Crippen LogP contribution in [-0.4, -0.2) is 6.10 Å². The molecule has 0 radical (unpaired) electrons. The monoisotopic (exact) mass is 342 g/mol. The second-order valence-electron chi connectivity index (χ2n) is 5.96. The average molecular weight is 342 g/mol. The van der Waals surface area contributed by atoms with Gasteiger partial charge in [0, 0.05) is 6.07 Å². The second kappa shape index (κ2) is 6.97. The zero-order chi connectivity index (χ0) is 18.0. The summed E-state index contributed by atoms with van der Waals surface area (Å²) in [5, 5.41) is 0.424. The zero-order valence-electron chi connectivity index (χ0n) is 14.3. The maximum Gasteiger partial charge on any atom is 0.235 e. The Bertz CT molecular complexity index is 942. The van der Waals surface area contributed by atoms with Crippen molar-refractivity contribution in [2.75, 3.05) is 0 Å². The van der Waals surface area contributed by atoms with Gasteiger partial charge in [-0.05, 0) is 56.2 Å². The number of aryl methyl sites for hydroxylation is 1. The predicted octanol–water partition coefficient (Wildman–Crippen LogP) is 5.07. The molecule has 0 amide bonds. The van der Waals surface area contributed by atoms with E-state index in [0.717, 1.165) is 12.0 Å². The molecule has 0 atom stereocenters. The summed E-state index contributed by atoms with van der Waals surface area (Å²) in [7, 11) is 0. The molecule has 0 saturated carbocycles. The Morgan fingerprint density at radius 2 is 1.84 bits per heavy atom. The van der Waals surface area contributed by atoms with E-state index < -0.39 is 0 Å². The molecule has 2 aromatic carbocycles. The minimum Gasteiger partial charge on any atom is -0.491 e. The van der Waals surface area contributed by atoms with Gasteiger partial charge in [0.25, 0.3) is 0 Å². The molecule has 0 bridgehead atoms. The first kappa shape index (κ1) is 17.0. The summed E-state index contributed by atoms with van der Waals surface area (Å²) in [5.74, 6) is 0.755. The van der Waals surface area contributed by atoms with Gasteiger partial charge >= 0.3 is 0 Å². The fourth-order valence-electron chi connectivity index (χ4n) is 2.52. The van der Waals surface area contributed by atoms with Gasteiger partial charge in [0.2, 0.25) is 11.2 Å². The molecule has 1 heterocycles. The van der Waals surface area contributed by atoms with E-state index in [1.807, 2.05) is 20.8 Å². The van der Waals surface area contributed by atoms with E-state index in [0.29, 0.717) is 22.5 Å². The average Bonchev–Trinajstić information content (AvgIpc) is 2.58. The highest BCUT2D eigenvalue weighted by atomic mass is 19.1. The van der Waals surface area contributed by atoms with Crippen LogP contribution in [0.3, 0.4) is 0 Å². The number of hydrogen-bond donors (Lipinski definition) is 0. The second-order valence-corrected chi connectivity index (χ2v) is 5.96. The lowest BCUT2D eigenvalue weighted by atomic mass is 10.1. The zero-order valence-corrected chi connectivity index (χ0v) is 14.3. The van der Waals surface area contributed by atoms with Gasteiger partial charge in [-0.25, -0.2) is 4.39 Å². The highest BCUT2D eigenvalue weighted by Gasteiger charge is 2.14. The Hall–Kier alpha value is -2.82. The molecule has 3 aromatic rings. The first-order valence-electron chi connectivity index (χ1n) is 8.16. The van der Waals surface area contributed by atoms with Crippen LogP contribution in [0.25, 0.3) is 11.0 Å². The minimum absolute atomic E-state index is 0.0237. The van der Waals surface area contributed by atoms with Crippen molar-refractivity contribution in [2.24, 2.45) is 0 Å². The van der Waals surface area contributed by atoms with Crippen molar-refractivity contribution < 1.29 is 18.3 Å². The van der Waals surface area contributed by atoms with Gasteiger partial charge in [-0.3, -0.25) is 4.79 Å². The molecular formula is C20H19FO4. The Balaban J connectivity index is 2.04. The third kappa shape index (κ3) is 3.65. The molecule has 0 unspecified atom stereocenters. The molecule has 0 spiro atoms. The number of rotatable bonds is 5. The number of fused-ring (bicyclic) bond motifs is 1. The molecular weight excluding hydrogens is 323 g/mol. The molecule has 4 nitrogen and oxygen atoms in total. The van der Waals surface area contributed by atoms with Crippen LogP contribution in [0.2, 0.25) is 0 Å². The largest absolute Gasteiger partial charge is 0.491 e. The van der Waals surface area contributed by atoms with Crippen LogP contribution < -0.4 is 14.9 Å². The van der Waals surface area contributed by atoms with Crippen LogP contribution in [0, 0.1) is 5.82 Å². The summed E-state index contributed by atoms with van der Waals surface area (Å²) in [4.78, 5) is 12.7. The first-order chi connectivity index (χ1) is 12.0. The summed E-state index contributed by atoms with van der Waals surface area (Å²) >= 11 is 0. The summed E-state index contributed by atoms with van der Waals surface area (Å²) < 4.78 is 29.9. The third-order valence-electron chi connectivity index (χ3n) is 3.71. The highest BCUT2D eigenvalue weighted by Crippen LogP contribution is 2.28. The van der Waals surface area contributed by atoms with Crippen LogP contribution in [0.5, 0.6) is 17.2 Å². The van der Waals surface area contributed by atoms with Crippen molar-refractivity contribution in [3.8, 4) is 17.2 Å². The van der Waals surface area contributed by atoms with Gasteiger partial charge in [-0.1, -0.05) is 6.92 Å². The summed E-state index contributed by atoms with van der Waals surface area (Å²) in [6.45, 7) is 5.88. The molecule has 0 fully saturated rings. The van der Waals surface area contributed by atoms with Crippen LogP contribution in [0.1, 0.15) is 26.3 Å². The number of halogens is 1. The van der Waals surface area contributed by atoms with Crippen molar-refractivity contribution in [2.45, 2.75) is 33.3 Å². The Morgan fingerprint density at radius 3 is 2.48 bits per heavy atom. The van der Waals surface area contributed by atoms with Crippen molar-refractivity contribution >= 4 is 11.0 Å². The maximum absolute atomic E-state index is 13.0. The van der Waals surface area contributed by atoms with Crippen molar-refractivity contribution in [3.05, 3.63) is 64.3 Å². The van der Waals surface area contributed by atoms with E-state index in [-0.39, 0.29) is 23.1 Å². The van der Waals surface area contributed by atoms with Crippen molar-refractivity contribution in [1.29, 1.82) is 0 Å². The van der Waals surface area contributed by atoms with E-state index >= 15 is 0 Å². The van der Waals surface area contributed by atoms with Crippen LogP contribution in [0.4, 0.5) is 4.39 Å². The van der Waals surface area contributed by atoms with Gasteiger partial charge in [0.1, 0.15) is 29.2 Å². The SMILES string of the molecule is CCc1cc2c(=O)c(Oc3ccc(F)cc3)coc2cc1OC(C)C. The molecule has 0 aliphatic carbocycles. The highest BCUT2D eigenvalue weighted by molar-refractivity contribution is 5.80. The summed E-state index contributed by atoms with van der Waals surface area (Å²) in [6.07, 6.45) is 2.01. The van der Waals surface area contributed by atoms with Crippen LogP contribution in [0.15, 0.2) is 51.9 Å². The van der Waals surface area contributed by atoms with Crippen molar-refractivity contribution in [1.82, 2.24) is 0 Å².